The molecule has 0 aliphatic carbocycles. The summed E-state index contributed by atoms with van der Waals surface area (Å²) in [5.41, 5.74) is 1.49. The Kier molecular flexibility index (Phi) is 4.35. The van der Waals surface area contributed by atoms with Gasteiger partial charge in [0.15, 0.2) is 5.13 Å². The zero-order chi connectivity index (χ0) is 14.7. The average Bonchev–Trinajstić information content (AvgIpc) is 2.96. The van der Waals surface area contributed by atoms with Crippen molar-refractivity contribution < 1.29 is 14.6 Å². The predicted molar refractivity (Wildman–Crippen MR) is 75.1 cm³/mol. The van der Waals surface area contributed by atoms with Crippen LogP contribution in [0.3, 0.4) is 0 Å². The number of methoxy groups -OCH3 is 1. The van der Waals surface area contributed by atoms with Gasteiger partial charge in [0.25, 0.3) is 0 Å². The second-order valence-electron chi connectivity index (χ2n) is 4.39. The van der Waals surface area contributed by atoms with Gasteiger partial charge >= 0.3 is 5.97 Å². The first-order chi connectivity index (χ1) is 9.51. The first kappa shape index (κ1) is 14.5. The molecule has 0 aliphatic heterocycles. The summed E-state index contributed by atoms with van der Waals surface area (Å²) in [4.78, 5) is 17.6. The largest absolute Gasteiger partial charge is 0.477 e. The van der Waals surface area contributed by atoms with E-state index in [1.54, 1.807) is 10.9 Å². The van der Waals surface area contributed by atoms with E-state index < -0.39 is 5.97 Å². The van der Waals surface area contributed by atoms with Gasteiger partial charge in [-0.25, -0.2) is 9.78 Å². The predicted octanol–water partition coefficient (Wildman–Crippen LogP) is 1.36. The number of rotatable bonds is 6. The number of aryl methyl sites for hydroxylation is 1. The van der Waals surface area contributed by atoms with E-state index >= 15 is 0 Å². The van der Waals surface area contributed by atoms with Gasteiger partial charge in [0.2, 0.25) is 0 Å². The molecule has 7 nitrogen and oxygen atoms in total. The molecule has 0 aliphatic rings. The maximum atomic E-state index is 11.2. The maximum absolute atomic E-state index is 11.2. The first-order valence-corrected chi connectivity index (χ1v) is 6.73. The summed E-state index contributed by atoms with van der Waals surface area (Å²) in [6.07, 6.45) is 3.69. The monoisotopic (exact) mass is 296 g/mol. The molecule has 2 rings (SSSR count). The van der Waals surface area contributed by atoms with Gasteiger partial charge < -0.3 is 14.7 Å². The van der Waals surface area contributed by atoms with Crippen molar-refractivity contribution in [2.75, 3.05) is 19.1 Å². The van der Waals surface area contributed by atoms with Gasteiger partial charge in [-0.3, -0.25) is 4.68 Å². The van der Waals surface area contributed by atoms with Gasteiger partial charge in [0.1, 0.15) is 4.88 Å². The third-order valence-electron chi connectivity index (χ3n) is 2.67. The lowest BCUT2D eigenvalue weighted by molar-refractivity contribution is 0.0697. The summed E-state index contributed by atoms with van der Waals surface area (Å²) in [6.45, 7) is 0.811. The van der Waals surface area contributed by atoms with Crippen LogP contribution in [0.2, 0.25) is 0 Å². The summed E-state index contributed by atoms with van der Waals surface area (Å²) in [5.74, 6) is -0.976. The lowest BCUT2D eigenvalue weighted by Gasteiger charge is -2.13. The number of carboxylic acid groups (broad SMARTS) is 1. The van der Waals surface area contributed by atoms with Crippen LogP contribution in [0.25, 0.3) is 0 Å². The molecule has 0 bridgehead atoms. The minimum absolute atomic E-state index is 0.193. The quantitative estimate of drug-likeness (QED) is 0.867. The van der Waals surface area contributed by atoms with E-state index in [1.807, 2.05) is 25.2 Å². The number of hydrogen-bond acceptors (Lipinski definition) is 6. The number of thiazole rings is 1. The second kappa shape index (κ2) is 6.02. The van der Waals surface area contributed by atoms with Gasteiger partial charge in [0.05, 0.1) is 18.5 Å². The SMILES string of the molecule is COCc1nc(N(C)Cc2cnn(C)c2)sc1C(=O)O. The number of carboxylic acids is 1. The van der Waals surface area contributed by atoms with Crippen LogP contribution < -0.4 is 4.90 Å². The van der Waals surface area contributed by atoms with Gasteiger partial charge in [-0.2, -0.15) is 5.10 Å². The molecule has 1 N–H and O–H groups in total. The van der Waals surface area contributed by atoms with E-state index in [-0.39, 0.29) is 11.5 Å². The number of nitrogens with zero attached hydrogens (tertiary/aromatic N) is 4. The Labute approximate surface area is 120 Å². The summed E-state index contributed by atoms with van der Waals surface area (Å²) >= 11 is 1.15. The van der Waals surface area contributed by atoms with E-state index in [2.05, 4.69) is 10.1 Å². The van der Waals surface area contributed by atoms with Crippen LogP contribution in [-0.4, -0.2) is 40.0 Å². The normalized spacial score (nSPS) is 10.8. The van der Waals surface area contributed by atoms with Gasteiger partial charge in [-0.15, -0.1) is 0 Å². The van der Waals surface area contributed by atoms with Crippen molar-refractivity contribution in [1.29, 1.82) is 0 Å². The molecule has 0 spiro atoms. The number of ether oxygens (including phenoxy) is 1. The molecule has 0 fully saturated rings. The van der Waals surface area contributed by atoms with Gasteiger partial charge in [-0.1, -0.05) is 11.3 Å². The molecular weight excluding hydrogens is 280 g/mol. The zero-order valence-electron chi connectivity index (χ0n) is 11.5. The molecule has 0 saturated carbocycles. The molecule has 20 heavy (non-hydrogen) atoms. The number of carbonyl (C=O) groups is 1. The topological polar surface area (TPSA) is 80.5 Å². The number of aromatic carboxylic acids is 1. The van der Waals surface area contributed by atoms with E-state index in [1.165, 1.54) is 7.11 Å². The molecule has 0 saturated heterocycles. The fourth-order valence-corrected chi connectivity index (χ4v) is 2.67. The van der Waals surface area contributed by atoms with Gasteiger partial charge in [0, 0.05) is 39.5 Å². The first-order valence-electron chi connectivity index (χ1n) is 5.92. The molecule has 0 amide bonds. The van der Waals surface area contributed by atoms with Crippen molar-refractivity contribution in [1.82, 2.24) is 14.8 Å². The Balaban J connectivity index is 2.19. The highest BCUT2D eigenvalue weighted by Crippen LogP contribution is 2.27. The fraction of sp³-hybridized carbons (Fsp3) is 0.417. The van der Waals surface area contributed by atoms with E-state index in [9.17, 15) is 4.79 Å². The maximum Gasteiger partial charge on any atom is 0.347 e. The van der Waals surface area contributed by atoms with Crippen LogP contribution in [0.15, 0.2) is 12.4 Å². The van der Waals surface area contributed by atoms with Crippen LogP contribution in [0.4, 0.5) is 5.13 Å². The van der Waals surface area contributed by atoms with Crippen molar-refractivity contribution in [2.24, 2.45) is 7.05 Å². The molecular formula is C12H16N4O3S. The Hall–Kier alpha value is -1.93. The lowest BCUT2D eigenvalue weighted by Crippen LogP contribution is -2.15. The minimum atomic E-state index is -0.976. The summed E-state index contributed by atoms with van der Waals surface area (Å²) in [6, 6.07) is 0. The molecule has 108 valence electrons. The third kappa shape index (κ3) is 3.14. The molecule has 8 heteroatoms. The Morgan fingerprint density at radius 1 is 1.60 bits per heavy atom. The molecule has 0 radical (unpaired) electrons. The van der Waals surface area contributed by atoms with Crippen LogP contribution in [0, 0.1) is 0 Å². The standard InChI is InChI=1S/C12H16N4O3S/c1-15(5-8-4-13-16(2)6-8)12-14-9(7-19-3)10(20-12)11(17)18/h4,6H,5,7H2,1-3H3,(H,17,18). The number of hydrogen-bond donors (Lipinski definition) is 1. The molecule has 2 aromatic rings. The van der Waals surface area contributed by atoms with Crippen molar-refractivity contribution >= 4 is 22.4 Å². The minimum Gasteiger partial charge on any atom is -0.477 e. The Morgan fingerprint density at radius 3 is 2.90 bits per heavy atom. The highest BCUT2D eigenvalue weighted by Gasteiger charge is 2.19. The van der Waals surface area contributed by atoms with Crippen molar-refractivity contribution in [3.05, 3.63) is 28.5 Å². The van der Waals surface area contributed by atoms with E-state index in [4.69, 9.17) is 9.84 Å². The van der Waals surface area contributed by atoms with E-state index in [0.717, 1.165) is 16.9 Å². The molecule has 0 aromatic carbocycles. The molecule has 2 aromatic heterocycles. The summed E-state index contributed by atoms with van der Waals surface area (Å²) in [7, 11) is 5.24. The van der Waals surface area contributed by atoms with Crippen LogP contribution in [0.5, 0.6) is 0 Å². The van der Waals surface area contributed by atoms with Gasteiger partial charge in [-0.05, 0) is 0 Å². The molecule has 0 atom stereocenters. The smallest absolute Gasteiger partial charge is 0.347 e. The summed E-state index contributed by atoms with van der Waals surface area (Å²) < 4.78 is 6.71. The highest BCUT2D eigenvalue weighted by molar-refractivity contribution is 7.17. The Morgan fingerprint density at radius 2 is 2.35 bits per heavy atom. The average molecular weight is 296 g/mol. The van der Waals surface area contributed by atoms with Crippen molar-refractivity contribution in [2.45, 2.75) is 13.2 Å². The number of anilines is 1. The molecule has 0 unspecified atom stereocenters. The number of aromatic nitrogens is 3. The second-order valence-corrected chi connectivity index (χ2v) is 5.37. The lowest BCUT2D eigenvalue weighted by atomic mass is 10.3. The zero-order valence-corrected chi connectivity index (χ0v) is 12.3. The Bertz CT molecular complexity index is 608. The van der Waals surface area contributed by atoms with Crippen molar-refractivity contribution in [3.63, 3.8) is 0 Å². The molecule has 2 heterocycles. The highest BCUT2D eigenvalue weighted by atomic mass is 32.1. The summed E-state index contributed by atoms with van der Waals surface area (Å²) in [5, 5.41) is 13.9. The van der Waals surface area contributed by atoms with E-state index in [0.29, 0.717) is 17.4 Å². The fourth-order valence-electron chi connectivity index (χ4n) is 1.80. The van der Waals surface area contributed by atoms with Crippen LogP contribution >= 0.6 is 11.3 Å². The van der Waals surface area contributed by atoms with Crippen LogP contribution in [-0.2, 0) is 24.9 Å². The van der Waals surface area contributed by atoms with Crippen LogP contribution in [0.1, 0.15) is 20.9 Å². The third-order valence-corrected chi connectivity index (χ3v) is 3.87. The van der Waals surface area contributed by atoms with Crippen molar-refractivity contribution in [3.8, 4) is 0 Å².